The fourth-order valence-electron chi connectivity index (χ4n) is 3.43. The van der Waals surface area contributed by atoms with E-state index in [4.69, 9.17) is 4.42 Å². The van der Waals surface area contributed by atoms with Crippen LogP contribution in [0.25, 0.3) is 43.3 Å². The number of aryl methyl sites for hydroxylation is 2. The molecule has 2 aromatic carbocycles. The topological polar surface area (TPSA) is 26.0 Å². The van der Waals surface area contributed by atoms with Gasteiger partial charge in [0.15, 0.2) is 0 Å². The van der Waals surface area contributed by atoms with Gasteiger partial charge in [-0.25, -0.2) is 0 Å². The number of furan rings is 1. The Labute approximate surface area is 143 Å². The summed E-state index contributed by atoms with van der Waals surface area (Å²) in [6, 6.07) is 16.7. The molecule has 3 aromatic heterocycles. The molecule has 0 aliphatic carbocycles. The minimum Gasteiger partial charge on any atom is -0.455 e. The normalized spacial score (nSPS) is 11.8. The third kappa shape index (κ3) is 1.79. The molecule has 24 heavy (non-hydrogen) atoms. The zero-order valence-corrected chi connectivity index (χ0v) is 14.3. The predicted octanol–water partition coefficient (Wildman–Crippen LogP) is 6.48. The summed E-state index contributed by atoms with van der Waals surface area (Å²) in [5.74, 6) is 0. The van der Waals surface area contributed by atoms with Crippen molar-refractivity contribution in [1.29, 1.82) is 0 Å². The lowest BCUT2D eigenvalue weighted by atomic mass is 10.0. The minimum absolute atomic E-state index is 0.918. The van der Waals surface area contributed by atoms with Crippen LogP contribution in [0.15, 0.2) is 59.1 Å². The van der Waals surface area contributed by atoms with E-state index in [2.05, 4.69) is 49.2 Å². The highest BCUT2D eigenvalue weighted by molar-refractivity contribution is 7.19. The molecule has 0 N–H and O–H groups in total. The third-order valence-electron chi connectivity index (χ3n) is 4.74. The highest BCUT2D eigenvalue weighted by atomic mass is 32.1. The Morgan fingerprint density at radius 1 is 0.875 bits per heavy atom. The van der Waals surface area contributed by atoms with E-state index >= 15 is 0 Å². The van der Waals surface area contributed by atoms with E-state index < -0.39 is 0 Å². The van der Waals surface area contributed by atoms with E-state index in [9.17, 15) is 0 Å². The number of para-hydroxylation sites is 1. The van der Waals surface area contributed by atoms with Crippen LogP contribution in [0.3, 0.4) is 0 Å². The number of aromatic nitrogens is 1. The predicted molar refractivity (Wildman–Crippen MR) is 102 cm³/mol. The summed E-state index contributed by atoms with van der Waals surface area (Å²) < 4.78 is 7.70. The molecule has 5 rings (SSSR count). The van der Waals surface area contributed by atoms with Crippen molar-refractivity contribution in [2.45, 2.75) is 13.8 Å². The van der Waals surface area contributed by atoms with Gasteiger partial charge in [0.1, 0.15) is 11.2 Å². The van der Waals surface area contributed by atoms with Crippen LogP contribution >= 0.6 is 11.3 Å². The van der Waals surface area contributed by atoms with Crippen LogP contribution in [0.5, 0.6) is 0 Å². The molecule has 0 spiro atoms. The fourth-order valence-corrected chi connectivity index (χ4v) is 4.49. The summed E-state index contributed by atoms with van der Waals surface area (Å²) in [5, 5.41) is 3.58. The molecule has 0 saturated carbocycles. The van der Waals surface area contributed by atoms with Crippen molar-refractivity contribution >= 4 is 43.4 Å². The van der Waals surface area contributed by atoms with Gasteiger partial charge in [-0.2, -0.15) is 0 Å². The Morgan fingerprint density at radius 2 is 1.75 bits per heavy atom. The minimum atomic E-state index is 0.918. The van der Waals surface area contributed by atoms with Gasteiger partial charge in [-0.05, 0) is 49.7 Å². The second-order valence-corrected chi connectivity index (χ2v) is 7.35. The molecule has 0 unspecified atom stereocenters. The average molecular weight is 329 g/mol. The monoisotopic (exact) mass is 329 g/mol. The van der Waals surface area contributed by atoms with Gasteiger partial charge in [0.05, 0.1) is 5.69 Å². The number of hydrogen-bond donors (Lipinski definition) is 0. The number of benzene rings is 2. The number of pyridine rings is 1. The lowest BCUT2D eigenvalue weighted by Crippen LogP contribution is -1.81. The molecule has 0 aliphatic heterocycles. The van der Waals surface area contributed by atoms with Crippen LogP contribution in [0, 0.1) is 13.8 Å². The van der Waals surface area contributed by atoms with Crippen LogP contribution in [0.1, 0.15) is 10.4 Å². The van der Waals surface area contributed by atoms with Crippen molar-refractivity contribution in [1.82, 2.24) is 4.98 Å². The molecule has 3 heteroatoms. The maximum absolute atomic E-state index is 6.41. The smallest absolute Gasteiger partial charge is 0.144 e. The molecule has 0 atom stereocenters. The van der Waals surface area contributed by atoms with Gasteiger partial charge in [0, 0.05) is 37.5 Å². The van der Waals surface area contributed by atoms with Crippen molar-refractivity contribution < 1.29 is 4.42 Å². The van der Waals surface area contributed by atoms with Crippen molar-refractivity contribution in [2.75, 3.05) is 0 Å². The van der Waals surface area contributed by atoms with Gasteiger partial charge in [-0.1, -0.05) is 18.2 Å². The lowest BCUT2D eigenvalue weighted by molar-refractivity contribution is 0.673. The molecular formula is C21H15NOS. The maximum Gasteiger partial charge on any atom is 0.144 e. The molecule has 0 amide bonds. The van der Waals surface area contributed by atoms with Gasteiger partial charge >= 0.3 is 0 Å². The standard InChI is InChI=1S/C21H15NOS/c1-12-13(2)24-18-10-9-15-14-6-5-7-16(17-8-3-4-11-22-17)20(14)23-21(15)19(12)18/h3-11H,1-2H3. The lowest BCUT2D eigenvalue weighted by Gasteiger charge is -2.00. The first kappa shape index (κ1) is 13.8. The van der Waals surface area contributed by atoms with Crippen LogP contribution < -0.4 is 0 Å². The zero-order valence-electron chi connectivity index (χ0n) is 13.5. The van der Waals surface area contributed by atoms with Gasteiger partial charge < -0.3 is 4.42 Å². The third-order valence-corrected chi connectivity index (χ3v) is 5.91. The second-order valence-electron chi connectivity index (χ2n) is 6.10. The summed E-state index contributed by atoms with van der Waals surface area (Å²) in [7, 11) is 0. The van der Waals surface area contributed by atoms with Crippen molar-refractivity contribution in [3.63, 3.8) is 0 Å². The largest absolute Gasteiger partial charge is 0.455 e. The van der Waals surface area contributed by atoms with Gasteiger partial charge in [-0.15, -0.1) is 11.3 Å². The number of rotatable bonds is 1. The Kier molecular flexibility index (Phi) is 2.82. The number of hydrogen-bond acceptors (Lipinski definition) is 3. The summed E-state index contributed by atoms with van der Waals surface area (Å²) in [6.45, 7) is 4.36. The summed E-state index contributed by atoms with van der Waals surface area (Å²) in [6.07, 6.45) is 1.82. The second kappa shape index (κ2) is 4.92. The molecular weight excluding hydrogens is 314 g/mol. The first-order valence-corrected chi connectivity index (χ1v) is 8.81. The first-order valence-electron chi connectivity index (χ1n) is 7.99. The molecule has 5 aromatic rings. The Bertz CT molecular complexity index is 1210. The highest BCUT2D eigenvalue weighted by Gasteiger charge is 2.17. The molecule has 0 aliphatic rings. The molecule has 0 saturated heterocycles. The Balaban J connectivity index is 1.96. The molecule has 0 radical (unpaired) electrons. The molecule has 2 nitrogen and oxygen atoms in total. The molecule has 3 heterocycles. The zero-order chi connectivity index (χ0) is 16.3. The summed E-state index contributed by atoms with van der Waals surface area (Å²) in [5.41, 5.74) is 5.22. The first-order chi connectivity index (χ1) is 11.7. The van der Waals surface area contributed by atoms with Gasteiger partial charge in [0.25, 0.3) is 0 Å². The van der Waals surface area contributed by atoms with Crippen LogP contribution in [-0.4, -0.2) is 4.98 Å². The number of thiophene rings is 1. The van der Waals surface area contributed by atoms with Crippen molar-refractivity contribution in [2.24, 2.45) is 0 Å². The van der Waals surface area contributed by atoms with E-state index in [1.165, 1.54) is 25.9 Å². The summed E-state index contributed by atoms with van der Waals surface area (Å²) in [4.78, 5) is 5.85. The van der Waals surface area contributed by atoms with Crippen LogP contribution in [-0.2, 0) is 0 Å². The van der Waals surface area contributed by atoms with Crippen molar-refractivity contribution in [3.8, 4) is 11.3 Å². The van der Waals surface area contributed by atoms with E-state index in [1.54, 1.807) is 0 Å². The number of nitrogens with zero attached hydrogens (tertiary/aromatic N) is 1. The number of fused-ring (bicyclic) bond motifs is 5. The summed E-state index contributed by atoms with van der Waals surface area (Å²) >= 11 is 1.83. The van der Waals surface area contributed by atoms with Gasteiger partial charge in [0.2, 0.25) is 0 Å². The highest BCUT2D eigenvalue weighted by Crippen LogP contribution is 2.41. The van der Waals surface area contributed by atoms with Gasteiger partial charge in [-0.3, -0.25) is 4.98 Å². The quantitative estimate of drug-likeness (QED) is 0.352. The van der Waals surface area contributed by atoms with Crippen LogP contribution in [0.2, 0.25) is 0 Å². The maximum atomic E-state index is 6.41. The Morgan fingerprint density at radius 3 is 2.58 bits per heavy atom. The van der Waals surface area contributed by atoms with E-state index in [-0.39, 0.29) is 0 Å². The van der Waals surface area contributed by atoms with E-state index in [0.29, 0.717) is 0 Å². The molecule has 0 fully saturated rings. The molecule has 0 bridgehead atoms. The van der Waals surface area contributed by atoms with Crippen molar-refractivity contribution in [3.05, 3.63) is 65.2 Å². The van der Waals surface area contributed by atoms with E-state index in [0.717, 1.165) is 27.8 Å². The average Bonchev–Trinajstić information content (AvgIpc) is 3.13. The van der Waals surface area contributed by atoms with Crippen LogP contribution in [0.4, 0.5) is 0 Å². The molecule has 116 valence electrons. The van der Waals surface area contributed by atoms with E-state index in [1.807, 2.05) is 35.7 Å². The Hall–Kier alpha value is -2.65. The SMILES string of the molecule is Cc1sc2ccc3c4cccc(-c5ccccn5)c4oc3c2c1C. The fraction of sp³-hybridized carbons (Fsp3) is 0.0952.